The Morgan fingerprint density at radius 3 is 2.62 bits per heavy atom. The fourth-order valence-electron chi connectivity index (χ4n) is 0.830. The topological polar surface area (TPSA) is 51.8 Å². The van der Waals surface area contributed by atoms with Crippen LogP contribution in [0.3, 0.4) is 0 Å². The SMILES string of the molecule is Nc1nsc(-c2cc(Br)sc2Br)n1. The molecule has 0 spiro atoms. The maximum Gasteiger partial charge on any atom is 0.232 e. The zero-order valence-corrected chi connectivity index (χ0v) is 10.9. The molecule has 7 heteroatoms. The third kappa shape index (κ3) is 1.93. The average molecular weight is 341 g/mol. The van der Waals surface area contributed by atoms with Crippen LogP contribution in [0.25, 0.3) is 10.6 Å². The molecule has 68 valence electrons. The highest BCUT2D eigenvalue weighted by atomic mass is 79.9. The van der Waals surface area contributed by atoms with Crippen molar-refractivity contribution in [1.82, 2.24) is 9.36 Å². The zero-order valence-electron chi connectivity index (χ0n) is 6.12. The lowest BCUT2D eigenvalue weighted by atomic mass is 10.4. The number of rotatable bonds is 1. The normalized spacial score (nSPS) is 10.6. The van der Waals surface area contributed by atoms with E-state index in [4.69, 9.17) is 5.73 Å². The lowest BCUT2D eigenvalue weighted by molar-refractivity contribution is 1.34. The van der Waals surface area contributed by atoms with E-state index in [9.17, 15) is 0 Å². The summed E-state index contributed by atoms with van der Waals surface area (Å²) in [5.74, 6) is 0.328. The van der Waals surface area contributed by atoms with E-state index in [1.165, 1.54) is 11.5 Å². The van der Waals surface area contributed by atoms with E-state index in [1.807, 2.05) is 6.07 Å². The van der Waals surface area contributed by atoms with Gasteiger partial charge in [-0.25, -0.2) is 0 Å². The van der Waals surface area contributed by atoms with E-state index in [2.05, 4.69) is 41.2 Å². The van der Waals surface area contributed by atoms with Crippen LogP contribution in [0, 0.1) is 0 Å². The fraction of sp³-hybridized carbons (Fsp3) is 0. The predicted octanol–water partition coefficient (Wildman–Crippen LogP) is 3.37. The average Bonchev–Trinajstić information content (AvgIpc) is 2.58. The number of nitrogen functional groups attached to an aromatic ring is 1. The van der Waals surface area contributed by atoms with E-state index in [0.29, 0.717) is 5.95 Å². The third-order valence-corrected chi connectivity index (χ3v) is 4.43. The van der Waals surface area contributed by atoms with E-state index in [0.717, 1.165) is 18.1 Å². The molecule has 2 aromatic heterocycles. The molecule has 0 fully saturated rings. The quantitative estimate of drug-likeness (QED) is 0.865. The monoisotopic (exact) mass is 339 g/mol. The molecule has 0 aliphatic rings. The second-order valence-electron chi connectivity index (χ2n) is 2.20. The molecule has 0 atom stereocenters. The first-order valence-corrected chi connectivity index (χ1v) is 6.39. The number of hydrogen-bond donors (Lipinski definition) is 1. The number of nitrogens with two attached hydrogens (primary N) is 1. The number of anilines is 1. The molecule has 0 aliphatic carbocycles. The van der Waals surface area contributed by atoms with Crippen LogP contribution in [0.5, 0.6) is 0 Å². The highest BCUT2D eigenvalue weighted by Crippen LogP contribution is 2.39. The molecule has 0 radical (unpaired) electrons. The van der Waals surface area contributed by atoms with E-state index in [1.54, 1.807) is 11.3 Å². The summed E-state index contributed by atoms with van der Waals surface area (Å²) in [6, 6.07) is 1.99. The molecule has 2 heterocycles. The van der Waals surface area contributed by atoms with Gasteiger partial charge in [-0.3, -0.25) is 0 Å². The Hall–Kier alpha value is 0.0200. The van der Waals surface area contributed by atoms with Crippen LogP contribution in [0.4, 0.5) is 5.95 Å². The Balaban J connectivity index is 2.51. The van der Waals surface area contributed by atoms with Crippen LogP contribution in [-0.4, -0.2) is 9.36 Å². The van der Waals surface area contributed by atoms with Gasteiger partial charge >= 0.3 is 0 Å². The summed E-state index contributed by atoms with van der Waals surface area (Å²) < 4.78 is 6.02. The predicted molar refractivity (Wildman–Crippen MR) is 63.0 cm³/mol. The van der Waals surface area contributed by atoms with Crippen molar-refractivity contribution in [2.24, 2.45) is 0 Å². The van der Waals surface area contributed by atoms with Gasteiger partial charge in [0.05, 0.1) is 7.57 Å². The van der Waals surface area contributed by atoms with Crippen LogP contribution in [-0.2, 0) is 0 Å². The lowest BCUT2D eigenvalue weighted by Gasteiger charge is -1.87. The van der Waals surface area contributed by atoms with Crippen LogP contribution in [0.1, 0.15) is 0 Å². The summed E-state index contributed by atoms with van der Waals surface area (Å²) in [7, 11) is 0. The van der Waals surface area contributed by atoms with Crippen molar-refractivity contribution in [3.63, 3.8) is 0 Å². The highest BCUT2D eigenvalue weighted by Gasteiger charge is 2.11. The lowest BCUT2D eigenvalue weighted by Crippen LogP contribution is -1.85. The van der Waals surface area contributed by atoms with Crippen LogP contribution in [0.2, 0.25) is 0 Å². The number of aromatic nitrogens is 2. The minimum absolute atomic E-state index is 0.328. The van der Waals surface area contributed by atoms with Crippen molar-refractivity contribution in [3.05, 3.63) is 13.6 Å². The first-order chi connectivity index (χ1) is 6.16. The van der Waals surface area contributed by atoms with Crippen LogP contribution >= 0.6 is 54.7 Å². The molecule has 2 N–H and O–H groups in total. The van der Waals surface area contributed by atoms with E-state index < -0.39 is 0 Å². The second kappa shape index (κ2) is 3.64. The van der Waals surface area contributed by atoms with Crippen molar-refractivity contribution in [1.29, 1.82) is 0 Å². The second-order valence-corrected chi connectivity index (χ2v) is 6.70. The van der Waals surface area contributed by atoms with Crippen LogP contribution in [0.15, 0.2) is 13.6 Å². The minimum Gasteiger partial charge on any atom is -0.367 e. The summed E-state index contributed by atoms with van der Waals surface area (Å²) >= 11 is 9.75. The Morgan fingerprint density at radius 1 is 1.38 bits per heavy atom. The summed E-state index contributed by atoms with van der Waals surface area (Å²) in [6.45, 7) is 0. The number of hydrogen-bond acceptors (Lipinski definition) is 5. The summed E-state index contributed by atoms with van der Waals surface area (Å²) in [5.41, 5.74) is 6.47. The molecule has 13 heavy (non-hydrogen) atoms. The maximum atomic E-state index is 5.44. The molecule has 0 saturated carbocycles. The Bertz CT molecular complexity index is 437. The molecule has 2 aromatic rings. The van der Waals surface area contributed by atoms with E-state index in [-0.39, 0.29) is 0 Å². The number of nitrogens with zero attached hydrogens (tertiary/aromatic N) is 2. The van der Waals surface area contributed by atoms with Gasteiger partial charge in [0.2, 0.25) is 5.95 Å². The van der Waals surface area contributed by atoms with Gasteiger partial charge in [-0.1, -0.05) is 0 Å². The molecule has 0 saturated heterocycles. The van der Waals surface area contributed by atoms with Crippen molar-refractivity contribution in [3.8, 4) is 10.6 Å². The standard InChI is InChI=1S/C6H3Br2N3S2/c7-3-1-2(4(8)12-3)5-10-6(9)11-13-5/h1H,(H2,9,11). The molecule has 3 nitrogen and oxygen atoms in total. The van der Waals surface area contributed by atoms with Crippen molar-refractivity contribution in [2.75, 3.05) is 5.73 Å². The van der Waals surface area contributed by atoms with Gasteiger partial charge in [-0.05, 0) is 49.5 Å². The first kappa shape index (κ1) is 9.57. The molecule has 0 unspecified atom stereocenters. The molecular formula is C6H3Br2N3S2. The van der Waals surface area contributed by atoms with Gasteiger partial charge in [-0.15, -0.1) is 11.3 Å². The van der Waals surface area contributed by atoms with Crippen molar-refractivity contribution >= 4 is 60.7 Å². The van der Waals surface area contributed by atoms with Crippen LogP contribution < -0.4 is 5.73 Å². The van der Waals surface area contributed by atoms with E-state index >= 15 is 0 Å². The first-order valence-electron chi connectivity index (χ1n) is 3.21. The Morgan fingerprint density at radius 2 is 2.15 bits per heavy atom. The van der Waals surface area contributed by atoms with Crippen molar-refractivity contribution in [2.45, 2.75) is 0 Å². The van der Waals surface area contributed by atoms with Gasteiger partial charge < -0.3 is 5.73 Å². The molecule has 0 aromatic carbocycles. The minimum atomic E-state index is 0.328. The fourth-order valence-corrected chi connectivity index (χ4v) is 4.45. The third-order valence-electron chi connectivity index (χ3n) is 1.33. The molecule has 0 bridgehead atoms. The number of thiophene rings is 1. The number of halogens is 2. The Labute approximate surface area is 99.4 Å². The maximum absolute atomic E-state index is 5.44. The highest BCUT2D eigenvalue weighted by molar-refractivity contribution is 9.12. The molecule has 0 aliphatic heterocycles. The summed E-state index contributed by atoms with van der Waals surface area (Å²) in [6.07, 6.45) is 0. The van der Waals surface area contributed by atoms with Gasteiger partial charge in [0.25, 0.3) is 0 Å². The smallest absolute Gasteiger partial charge is 0.232 e. The molecule has 2 rings (SSSR count). The Kier molecular flexibility index (Phi) is 2.68. The van der Waals surface area contributed by atoms with Gasteiger partial charge in [0.1, 0.15) is 5.01 Å². The molecular weight excluding hydrogens is 338 g/mol. The molecule has 0 amide bonds. The van der Waals surface area contributed by atoms with Gasteiger partial charge in [0, 0.05) is 5.56 Å². The van der Waals surface area contributed by atoms with Gasteiger partial charge in [-0.2, -0.15) is 9.36 Å². The van der Waals surface area contributed by atoms with Crippen molar-refractivity contribution < 1.29 is 0 Å². The summed E-state index contributed by atoms with van der Waals surface area (Å²) in [4.78, 5) is 4.10. The zero-order chi connectivity index (χ0) is 9.42. The largest absolute Gasteiger partial charge is 0.367 e. The summed E-state index contributed by atoms with van der Waals surface area (Å²) in [5, 5.41) is 0.839. The van der Waals surface area contributed by atoms with Gasteiger partial charge in [0.15, 0.2) is 0 Å².